The van der Waals surface area contributed by atoms with E-state index in [-0.39, 0.29) is 18.2 Å². The number of Topliss-reactive ketones (excluding diaryl/α,β-unsaturated/α-hetero) is 1. The Hall–Kier alpha value is -1.60. The van der Waals surface area contributed by atoms with Crippen LogP contribution in [0.3, 0.4) is 0 Å². The first-order chi connectivity index (χ1) is 11.3. The monoisotopic (exact) mass is 355 g/mol. The van der Waals surface area contributed by atoms with Gasteiger partial charge in [0.1, 0.15) is 0 Å². The number of rotatable bonds is 6. The normalized spacial score (nSPS) is 19.3. The highest BCUT2D eigenvalue weighted by molar-refractivity contribution is 7.89. The maximum atomic E-state index is 12.8. The molecule has 24 heavy (non-hydrogen) atoms. The number of ether oxygens (including phenoxy) is 2. The summed E-state index contributed by atoms with van der Waals surface area (Å²) < 4.78 is 36.6. The van der Waals surface area contributed by atoms with Crippen LogP contribution in [0.15, 0.2) is 18.2 Å². The second-order valence-electron chi connectivity index (χ2n) is 6.22. The van der Waals surface area contributed by atoms with Gasteiger partial charge in [-0.3, -0.25) is 4.79 Å². The Balaban J connectivity index is 2.21. The molecule has 0 N–H and O–H groups in total. The maximum Gasteiger partial charge on any atom is 0.216 e. The topological polar surface area (TPSA) is 72.9 Å². The van der Waals surface area contributed by atoms with Gasteiger partial charge in [0, 0.05) is 24.6 Å². The fourth-order valence-electron chi connectivity index (χ4n) is 2.91. The quantitative estimate of drug-likeness (QED) is 0.732. The van der Waals surface area contributed by atoms with Crippen molar-refractivity contribution < 1.29 is 22.7 Å². The van der Waals surface area contributed by atoms with E-state index in [0.29, 0.717) is 36.4 Å². The number of sulfonamides is 1. The molecule has 1 atom stereocenters. The Morgan fingerprint density at radius 2 is 1.88 bits per heavy atom. The van der Waals surface area contributed by atoms with Crippen LogP contribution in [0.25, 0.3) is 0 Å². The molecule has 2 rings (SSSR count). The van der Waals surface area contributed by atoms with Gasteiger partial charge in [-0.1, -0.05) is 0 Å². The van der Waals surface area contributed by atoms with E-state index in [2.05, 4.69) is 0 Å². The molecule has 1 aromatic rings. The first kappa shape index (κ1) is 18.7. The molecule has 134 valence electrons. The fraction of sp³-hybridized carbons (Fsp3) is 0.588. The third kappa shape index (κ3) is 3.72. The summed E-state index contributed by atoms with van der Waals surface area (Å²) in [5.41, 5.74) is 0.515. The predicted molar refractivity (Wildman–Crippen MR) is 92.2 cm³/mol. The zero-order valence-corrected chi connectivity index (χ0v) is 15.4. The van der Waals surface area contributed by atoms with Crippen LogP contribution in [0.4, 0.5) is 0 Å². The van der Waals surface area contributed by atoms with Crippen LogP contribution in [0, 0.1) is 5.92 Å². The van der Waals surface area contributed by atoms with Gasteiger partial charge in [0.05, 0.1) is 19.5 Å². The minimum absolute atomic E-state index is 0.0559. The highest BCUT2D eigenvalue weighted by Gasteiger charge is 2.34. The molecule has 1 fully saturated rings. The summed E-state index contributed by atoms with van der Waals surface area (Å²) in [6.07, 6.45) is 1.38. The van der Waals surface area contributed by atoms with Crippen molar-refractivity contribution in [3.8, 4) is 11.5 Å². The van der Waals surface area contributed by atoms with Crippen molar-refractivity contribution in [2.45, 2.75) is 31.9 Å². The lowest BCUT2D eigenvalue weighted by Gasteiger charge is -2.32. The molecule has 1 heterocycles. The summed E-state index contributed by atoms with van der Waals surface area (Å²) in [5, 5.41) is -0.479. The number of carbonyl (C=O) groups excluding carboxylic acids is 1. The molecule has 7 heteroatoms. The summed E-state index contributed by atoms with van der Waals surface area (Å²) in [7, 11) is -0.281. The molecular weight excluding hydrogens is 330 g/mol. The molecule has 1 aliphatic heterocycles. The largest absolute Gasteiger partial charge is 0.493 e. The van der Waals surface area contributed by atoms with Gasteiger partial charge in [-0.2, -0.15) is 0 Å². The van der Waals surface area contributed by atoms with Crippen LogP contribution < -0.4 is 9.47 Å². The highest BCUT2D eigenvalue weighted by Crippen LogP contribution is 2.30. The van der Waals surface area contributed by atoms with E-state index in [1.165, 1.54) is 18.5 Å². The van der Waals surface area contributed by atoms with Crippen molar-refractivity contribution in [3.63, 3.8) is 0 Å². The summed E-state index contributed by atoms with van der Waals surface area (Å²) in [5.74, 6) is 0.664. The van der Waals surface area contributed by atoms with Gasteiger partial charge in [-0.05, 0) is 44.9 Å². The van der Waals surface area contributed by atoms with Crippen LogP contribution in [0.5, 0.6) is 11.5 Å². The summed E-state index contributed by atoms with van der Waals surface area (Å²) in [6, 6.07) is 5.04. The molecule has 6 nitrogen and oxygen atoms in total. The van der Waals surface area contributed by atoms with Crippen LogP contribution in [0.2, 0.25) is 0 Å². The Morgan fingerprint density at radius 3 is 2.46 bits per heavy atom. The first-order valence-corrected chi connectivity index (χ1v) is 9.56. The Bertz CT molecular complexity index is 699. The number of hydrogen-bond donors (Lipinski definition) is 0. The van der Waals surface area contributed by atoms with E-state index >= 15 is 0 Å². The second kappa shape index (κ2) is 7.53. The number of methoxy groups -OCH3 is 2. The summed E-state index contributed by atoms with van der Waals surface area (Å²) in [6.45, 7) is 4.05. The van der Waals surface area contributed by atoms with Crippen molar-refractivity contribution in [1.82, 2.24) is 4.31 Å². The molecule has 0 saturated carbocycles. The van der Waals surface area contributed by atoms with Gasteiger partial charge < -0.3 is 9.47 Å². The van der Waals surface area contributed by atoms with E-state index in [0.717, 1.165) is 0 Å². The van der Waals surface area contributed by atoms with E-state index in [1.807, 2.05) is 0 Å². The minimum Gasteiger partial charge on any atom is -0.493 e. The summed E-state index contributed by atoms with van der Waals surface area (Å²) in [4.78, 5) is 12.8. The number of ketones is 1. The van der Waals surface area contributed by atoms with E-state index in [9.17, 15) is 13.2 Å². The average Bonchev–Trinajstić information content (AvgIpc) is 2.60. The van der Waals surface area contributed by atoms with Gasteiger partial charge in [-0.25, -0.2) is 12.7 Å². The van der Waals surface area contributed by atoms with Crippen molar-refractivity contribution in [2.24, 2.45) is 5.92 Å². The third-order valence-electron chi connectivity index (χ3n) is 4.38. The van der Waals surface area contributed by atoms with Gasteiger partial charge in [0.15, 0.2) is 17.3 Å². The minimum atomic E-state index is -3.34. The SMILES string of the molecule is COc1ccc(C(=O)C2CCCN(S(=O)(=O)C(C)C)C2)cc1OC. The van der Waals surface area contributed by atoms with Crippen LogP contribution in [0.1, 0.15) is 37.0 Å². The molecular formula is C17H25NO5S. The van der Waals surface area contributed by atoms with E-state index in [4.69, 9.17) is 9.47 Å². The van der Waals surface area contributed by atoms with Gasteiger partial charge >= 0.3 is 0 Å². The first-order valence-electron chi connectivity index (χ1n) is 8.06. The van der Waals surface area contributed by atoms with Crippen molar-refractivity contribution in [1.29, 1.82) is 0 Å². The number of nitrogens with zero attached hydrogens (tertiary/aromatic N) is 1. The molecule has 0 amide bonds. The smallest absolute Gasteiger partial charge is 0.216 e. The lowest BCUT2D eigenvalue weighted by molar-refractivity contribution is 0.0871. The molecule has 0 spiro atoms. The van der Waals surface area contributed by atoms with E-state index in [1.54, 1.807) is 32.0 Å². The van der Waals surface area contributed by atoms with Crippen molar-refractivity contribution in [2.75, 3.05) is 27.3 Å². The van der Waals surface area contributed by atoms with Crippen LogP contribution in [-0.4, -0.2) is 51.1 Å². The lowest BCUT2D eigenvalue weighted by atomic mass is 9.91. The molecule has 1 aromatic carbocycles. The summed E-state index contributed by atoms with van der Waals surface area (Å²) >= 11 is 0. The van der Waals surface area contributed by atoms with Gasteiger partial charge in [-0.15, -0.1) is 0 Å². The molecule has 0 aromatic heterocycles. The standard InChI is InChI=1S/C17H25NO5S/c1-12(2)24(20,21)18-9-5-6-14(11-18)17(19)13-7-8-15(22-3)16(10-13)23-4/h7-8,10,12,14H,5-6,9,11H2,1-4H3. The van der Waals surface area contributed by atoms with Crippen molar-refractivity contribution >= 4 is 15.8 Å². The van der Waals surface area contributed by atoms with Crippen LogP contribution in [-0.2, 0) is 10.0 Å². The zero-order chi connectivity index (χ0) is 17.9. The van der Waals surface area contributed by atoms with Gasteiger partial charge in [0.25, 0.3) is 0 Å². The number of piperidine rings is 1. The third-order valence-corrected chi connectivity index (χ3v) is 6.62. The maximum absolute atomic E-state index is 12.8. The molecule has 1 saturated heterocycles. The fourth-order valence-corrected chi connectivity index (χ4v) is 4.28. The van der Waals surface area contributed by atoms with E-state index < -0.39 is 15.3 Å². The molecule has 1 aliphatic rings. The molecule has 0 radical (unpaired) electrons. The van der Waals surface area contributed by atoms with Crippen LogP contribution >= 0.6 is 0 Å². The Morgan fingerprint density at radius 1 is 1.21 bits per heavy atom. The average molecular weight is 355 g/mol. The second-order valence-corrected chi connectivity index (χ2v) is 8.71. The Kier molecular flexibility index (Phi) is 5.87. The predicted octanol–water partition coefficient (Wildman–Crippen LogP) is 2.34. The number of hydrogen-bond acceptors (Lipinski definition) is 5. The zero-order valence-electron chi connectivity index (χ0n) is 14.6. The Labute approximate surface area is 143 Å². The molecule has 0 bridgehead atoms. The number of carbonyl (C=O) groups is 1. The number of benzene rings is 1. The highest BCUT2D eigenvalue weighted by atomic mass is 32.2. The molecule has 1 unspecified atom stereocenters. The van der Waals surface area contributed by atoms with Crippen molar-refractivity contribution in [3.05, 3.63) is 23.8 Å². The lowest BCUT2D eigenvalue weighted by Crippen LogP contribution is -2.45. The molecule has 0 aliphatic carbocycles. The van der Waals surface area contributed by atoms with Gasteiger partial charge in [0.2, 0.25) is 10.0 Å².